The van der Waals surface area contributed by atoms with Gasteiger partial charge in [-0.25, -0.2) is 14.8 Å². The van der Waals surface area contributed by atoms with E-state index in [0.29, 0.717) is 19.6 Å². The average Bonchev–Trinajstić information content (AvgIpc) is 3.01. The van der Waals surface area contributed by atoms with Crippen molar-refractivity contribution in [2.75, 3.05) is 32.2 Å². The Kier molecular flexibility index (Phi) is 4.89. The zero-order chi connectivity index (χ0) is 17.1. The van der Waals surface area contributed by atoms with Crippen molar-refractivity contribution >= 4 is 23.6 Å². The first kappa shape index (κ1) is 16.6. The summed E-state index contributed by atoms with van der Waals surface area (Å²) >= 11 is 1.51. The molecule has 0 unspecified atom stereocenters. The highest BCUT2D eigenvalue weighted by atomic mass is 32.2. The lowest BCUT2D eigenvalue weighted by Crippen LogP contribution is -2.43. The summed E-state index contributed by atoms with van der Waals surface area (Å²) in [6.07, 6.45) is 3.69. The Morgan fingerprint density at radius 1 is 1.42 bits per heavy atom. The van der Waals surface area contributed by atoms with E-state index in [1.54, 1.807) is 25.2 Å². The van der Waals surface area contributed by atoms with E-state index in [1.807, 2.05) is 28.0 Å². The van der Waals surface area contributed by atoms with Gasteiger partial charge in [0.1, 0.15) is 5.82 Å². The van der Waals surface area contributed by atoms with Crippen LogP contribution in [0.4, 0.5) is 10.6 Å². The number of anilines is 1. The van der Waals surface area contributed by atoms with Crippen LogP contribution in [0.1, 0.15) is 11.4 Å². The maximum Gasteiger partial charge on any atom is 0.319 e. The number of nitrogens with one attached hydrogen (secondary N) is 1. The van der Waals surface area contributed by atoms with Gasteiger partial charge in [-0.1, -0.05) is 11.8 Å². The topological polar surface area (TPSA) is 79.2 Å². The van der Waals surface area contributed by atoms with Gasteiger partial charge in [0.25, 0.3) is 0 Å². The number of carbonyl (C=O) groups excluding carboxylic acids is 1. The van der Waals surface area contributed by atoms with Crippen LogP contribution >= 0.6 is 11.8 Å². The molecule has 1 aliphatic heterocycles. The highest BCUT2D eigenvalue weighted by Gasteiger charge is 2.23. The molecule has 0 spiro atoms. The first-order valence-corrected chi connectivity index (χ1v) is 8.92. The summed E-state index contributed by atoms with van der Waals surface area (Å²) in [7, 11) is 3.54. The fourth-order valence-corrected chi connectivity index (χ4v) is 2.93. The summed E-state index contributed by atoms with van der Waals surface area (Å²) in [6, 6.07) is 3.92. The zero-order valence-electron chi connectivity index (χ0n) is 14.1. The number of hydrogen-bond acceptors (Lipinski definition) is 6. The van der Waals surface area contributed by atoms with E-state index in [1.165, 1.54) is 11.8 Å². The predicted octanol–water partition coefficient (Wildman–Crippen LogP) is 1.50. The van der Waals surface area contributed by atoms with Gasteiger partial charge in [-0.3, -0.25) is 4.68 Å². The summed E-state index contributed by atoms with van der Waals surface area (Å²) in [4.78, 5) is 24.1. The monoisotopic (exact) mass is 347 g/mol. The number of thioether (sulfide) groups is 1. The summed E-state index contributed by atoms with van der Waals surface area (Å²) < 4.78 is 1.98. The van der Waals surface area contributed by atoms with E-state index in [-0.39, 0.29) is 6.03 Å². The molecule has 0 aliphatic carbocycles. The fourth-order valence-electron chi connectivity index (χ4n) is 2.58. The van der Waals surface area contributed by atoms with Crippen molar-refractivity contribution < 1.29 is 4.79 Å². The van der Waals surface area contributed by atoms with Crippen molar-refractivity contribution in [2.45, 2.75) is 24.8 Å². The van der Waals surface area contributed by atoms with E-state index >= 15 is 0 Å². The molecule has 2 amide bonds. The lowest BCUT2D eigenvalue weighted by molar-refractivity contribution is 0.155. The summed E-state index contributed by atoms with van der Waals surface area (Å²) in [5.74, 6) is 0.782. The van der Waals surface area contributed by atoms with E-state index in [4.69, 9.17) is 0 Å². The minimum absolute atomic E-state index is 0.0349. The second-order valence-corrected chi connectivity index (χ2v) is 6.50. The number of aromatic nitrogens is 4. The highest BCUT2D eigenvalue weighted by Crippen LogP contribution is 2.16. The number of rotatable bonds is 4. The van der Waals surface area contributed by atoms with Crippen molar-refractivity contribution in [1.29, 1.82) is 0 Å². The maximum absolute atomic E-state index is 12.1. The van der Waals surface area contributed by atoms with Gasteiger partial charge >= 0.3 is 6.03 Å². The molecule has 0 saturated heterocycles. The minimum atomic E-state index is 0.0349. The largest absolute Gasteiger partial charge is 0.364 e. The van der Waals surface area contributed by atoms with Crippen LogP contribution in [-0.2, 0) is 19.6 Å². The second-order valence-electron chi connectivity index (χ2n) is 5.73. The molecule has 24 heavy (non-hydrogen) atoms. The van der Waals surface area contributed by atoms with Gasteiger partial charge in [0.05, 0.1) is 31.0 Å². The lowest BCUT2D eigenvalue weighted by atomic mass is 10.3. The number of urea groups is 1. The second kappa shape index (κ2) is 7.08. The van der Waals surface area contributed by atoms with Crippen LogP contribution in [0.2, 0.25) is 0 Å². The number of hydrogen-bond donors (Lipinski definition) is 1. The molecule has 3 heterocycles. The summed E-state index contributed by atoms with van der Waals surface area (Å²) in [5.41, 5.74) is 1.99. The Morgan fingerprint density at radius 2 is 2.25 bits per heavy atom. The van der Waals surface area contributed by atoms with Crippen LogP contribution in [0.25, 0.3) is 0 Å². The standard InChI is InChI=1S/C15H21N7OS/c1-20(2)15(23)21-6-7-22-12(10-21)8-11(19-22)9-17-13-4-5-16-14(18-13)24-3/h4-5,8H,6-7,9-10H2,1-3H3,(H,16,17,18). The lowest BCUT2D eigenvalue weighted by Gasteiger charge is -2.29. The number of carbonyl (C=O) groups is 1. The molecule has 128 valence electrons. The molecular formula is C15H21N7OS. The van der Waals surface area contributed by atoms with Crippen LogP contribution in [0.5, 0.6) is 0 Å². The SMILES string of the molecule is CSc1nccc(NCc2cc3n(n2)CCN(C(=O)N(C)C)C3)n1. The van der Waals surface area contributed by atoms with Crippen LogP contribution in [0.3, 0.4) is 0 Å². The third-order valence-corrected chi connectivity index (χ3v) is 4.33. The number of fused-ring (bicyclic) bond motifs is 1. The maximum atomic E-state index is 12.1. The molecule has 2 aromatic rings. The molecule has 1 aliphatic rings. The molecule has 2 aromatic heterocycles. The summed E-state index contributed by atoms with van der Waals surface area (Å²) in [5, 5.41) is 8.61. The molecule has 9 heteroatoms. The van der Waals surface area contributed by atoms with Gasteiger partial charge in [0, 0.05) is 26.8 Å². The summed E-state index contributed by atoms with van der Waals surface area (Å²) in [6.45, 7) is 2.58. The third kappa shape index (κ3) is 3.61. The van der Waals surface area contributed by atoms with E-state index in [2.05, 4.69) is 20.4 Å². The Labute approximate surface area is 145 Å². The normalized spacial score (nSPS) is 13.5. The van der Waals surface area contributed by atoms with Gasteiger partial charge in [0.15, 0.2) is 5.16 Å². The Morgan fingerprint density at radius 3 is 3.00 bits per heavy atom. The Balaban J connectivity index is 1.64. The smallest absolute Gasteiger partial charge is 0.319 e. The average molecular weight is 347 g/mol. The molecule has 0 atom stereocenters. The molecule has 0 bridgehead atoms. The van der Waals surface area contributed by atoms with Gasteiger partial charge in [0.2, 0.25) is 0 Å². The van der Waals surface area contributed by atoms with Crippen LogP contribution in [-0.4, -0.2) is 62.5 Å². The quantitative estimate of drug-likeness (QED) is 0.667. The Bertz CT molecular complexity index is 730. The number of nitrogens with zero attached hydrogens (tertiary/aromatic N) is 6. The first-order valence-electron chi connectivity index (χ1n) is 7.69. The molecule has 0 saturated carbocycles. The van der Waals surface area contributed by atoms with Crippen LogP contribution in [0, 0.1) is 0 Å². The molecule has 1 N–H and O–H groups in total. The van der Waals surface area contributed by atoms with Gasteiger partial charge in [-0.2, -0.15) is 5.10 Å². The van der Waals surface area contributed by atoms with Crippen molar-refractivity contribution in [1.82, 2.24) is 29.5 Å². The highest BCUT2D eigenvalue weighted by molar-refractivity contribution is 7.98. The zero-order valence-corrected chi connectivity index (χ0v) is 14.9. The van der Waals surface area contributed by atoms with Crippen molar-refractivity contribution in [3.05, 3.63) is 29.7 Å². The van der Waals surface area contributed by atoms with E-state index < -0.39 is 0 Å². The molecular weight excluding hydrogens is 326 g/mol. The minimum Gasteiger partial charge on any atom is -0.364 e. The molecule has 3 rings (SSSR count). The van der Waals surface area contributed by atoms with Crippen molar-refractivity contribution in [2.24, 2.45) is 0 Å². The van der Waals surface area contributed by atoms with Crippen molar-refractivity contribution in [3.8, 4) is 0 Å². The molecule has 0 fully saturated rings. The van der Waals surface area contributed by atoms with E-state index in [0.717, 1.165) is 28.9 Å². The van der Waals surface area contributed by atoms with Crippen LogP contribution in [0.15, 0.2) is 23.5 Å². The number of amides is 2. The third-order valence-electron chi connectivity index (χ3n) is 3.77. The molecule has 0 aromatic carbocycles. The van der Waals surface area contributed by atoms with Crippen LogP contribution < -0.4 is 5.32 Å². The molecule has 0 radical (unpaired) electrons. The van der Waals surface area contributed by atoms with Gasteiger partial charge < -0.3 is 15.1 Å². The fraction of sp³-hybridized carbons (Fsp3) is 0.467. The first-order chi connectivity index (χ1) is 11.6. The Hall–Kier alpha value is -2.29. The van der Waals surface area contributed by atoms with Gasteiger partial charge in [-0.15, -0.1) is 0 Å². The predicted molar refractivity (Wildman–Crippen MR) is 92.9 cm³/mol. The van der Waals surface area contributed by atoms with Crippen molar-refractivity contribution in [3.63, 3.8) is 0 Å². The van der Waals surface area contributed by atoms with Gasteiger partial charge in [-0.05, 0) is 18.4 Å². The molecule has 8 nitrogen and oxygen atoms in total. The van der Waals surface area contributed by atoms with E-state index in [9.17, 15) is 4.79 Å².